The lowest BCUT2D eigenvalue weighted by atomic mass is 10.0. The van der Waals surface area contributed by atoms with Gasteiger partial charge >= 0.3 is 0 Å². The van der Waals surface area contributed by atoms with Crippen LogP contribution < -0.4 is 10.5 Å². The number of ether oxygens (including phenoxy) is 2. The molecule has 0 spiro atoms. The lowest BCUT2D eigenvalue weighted by molar-refractivity contribution is 0.184. The van der Waals surface area contributed by atoms with Crippen molar-refractivity contribution in [1.29, 1.82) is 0 Å². The zero-order valence-electron chi connectivity index (χ0n) is 12.1. The highest BCUT2D eigenvalue weighted by molar-refractivity contribution is 6.35. The fraction of sp³-hybridized carbons (Fsp3) is 0.600. The molecule has 114 valence electrons. The van der Waals surface area contributed by atoms with E-state index in [9.17, 15) is 0 Å². The summed E-state index contributed by atoms with van der Waals surface area (Å²) in [5.41, 5.74) is 6.99. The van der Waals surface area contributed by atoms with Gasteiger partial charge in [-0.05, 0) is 43.4 Å². The lowest BCUT2D eigenvalue weighted by Gasteiger charge is -2.16. The Bertz CT molecular complexity index is 413. The molecule has 0 heterocycles. The molecule has 5 heteroatoms. The Balaban J connectivity index is 2.71. The van der Waals surface area contributed by atoms with Crippen molar-refractivity contribution in [2.75, 3.05) is 20.3 Å². The molecule has 1 aromatic rings. The first-order valence-corrected chi connectivity index (χ1v) is 7.69. The minimum absolute atomic E-state index is 0.0837. The summed E-state index contributed by atoms with van der Waals surface area (Å²) in [5.74, 6) is 0.706. The second-order valence-electron chi connectivity index (χ2n) is 4.80. The van der Waals surface area contributed by atoms with E-state index in [-0.39, 0.29) is 6.04 Å². The molecule has 1 aromatic carbocycles. The van der Waals surface area contributed by atoms with E-state index >= 15 is 0 Å². The quantitative estimate of drug-likeness (QED) is 0.697. The summed E-state index contributed by atoms with van der Waals surface area (Å²) in [7, 11) is 1.70. The molecule has 0 saturated carbocycles. The third-order valence-corrected chi connectivity index (χ3v) is 3.58. The molecule has 1 rings (SSSR count). The fourth-order valence-electron chi connectivity index (χ4n) is 1.88. The largest absolute Gasteiger partial charge is 0.492 e. The van der Waals surface area contributed by atoms with E-state index < -0.39 is 0 Å². The third-order valence-electron chi connectivity index (χ3n) is 3.08. The fourth-order valence-corrected chi connectivity index (χ4v) is 2.47. The van der Waals surface area contributed by atoms with Gasteiger partial charge in [-0.15, -0.1) is 0 Å². The van der Waals surface area contributed by atoms with E-state index in [0.29, 0.717) is 28.8 Å². The summed E-state index contributed by atoms with van der Waals surface area (Å²) in [4.78, 5) is 0. The van der Waals surface area contributed by atoms with Crippen LogP contribution in [0.15, 0.2) is 12.1 Å². The van der Waals surface area contributed by atoms with Crippen molar-refractivity contribution in [2.45, 2.75) is 38.6 Å². The molecule has 1 atom stereocenters. The molecule has 0 aliphatic heterocycles. The van der Waals surface area contributed by atoms with Gasteiger partial charge in [-0.1, -0.05) is 30.1 Å². The van der Waals surface area contributed by atoms with Gasteiger partial charge in [-0.25, -0.2) is 0 Å². The maximum Gasteiger partial charge on any atom is 0.141 e. The molecule has 0 amide bonds. The molecule has 0 fully saturated rings. The van der Waals surface area contributed by atoms with Crippen molar-refractivity contribution >= 4 is 23.2 Å². The van der Waals surface area contributed by atoms with E-state index in [1.807, 2.05) is 6.07 Å². The lowest BCUT2D eigenvalue weighted by Crippen LogP contribution is -2.22. The van der Waals surface area contributed by atoms with Crippen molar-refractivity contribution in [3.8, 4) is 5.75 Å². The van der Waals surface area contributed by atoms with Gasteiger partial charge in [0.15, 0.2) is 0 Å². The average Bonchev–Trinajstić information content (AvgIpc) is 2.40. The second kappa shape index (κ2) is 9.46. The Morgan fingerprint density at radius 1 is 1.20 bits per heavy atom. The van der Waals surface area contributed by atoms with Crippen LogP contribution in [-0.4, -0.2) is 26.4 Å². The summed E-state index contributed by atoms with van der Waals surface area (Å²) >= 11 is 12.3. The minimum atomic E-state index is 0.0837. The van der Waals surface area contributed by atoms with Crippen LogP contribution in [-0.2, 0) is 11.2 Å². The predicted molar refractivity (Wildman–Crippen MR) is 85.0 cm³/mol. The van der Waals surface area contributed by atoms with E-state index in [4.69, 9.17) is 38.4 Å². The second-order valence-corrected chi connectivity index (χ2v) is 5.64. The topological polar surface area (TPSA) is 44.5 Å². The Labute approximate surface area is 131 Å². The summed E-state index contributed by atoms with van der Waals surface area (Å²) in [5, 5.41) is 1.16. The standard InChI is InChI=1S/C15H23Cl2NO2/c1-3-13(18)9-11-8-12(16)10-14(17)15(11)20-7-5-4-6-19-2/h8,10,13H,3-7,9,18H2,1-2H3. The maximum atomic E-state index is 6.23. The molecule has 0 aromatic heterocycles. The summed E-state index contributed by atoms with van der Waals surface area (Å²) in [6.07, 6.45) is 3.50. The number of unbranched alkanes of at least 4 members (excludes halogenated alkanes) is 1. The Morgan fingerprint density at radius 2 is 1.90 bits per heavy atom. The van der Waals surface area contributed by atoms with Gasteiger partial charge in [0.25, 0.3) is 0 Å². The summed E-state index contributed by atoms with van der Waals surface area (Å²) < 4.78 is 10.8. The number of benzene rings is 1. The third kappa shape index (κ3) is 5.88. The first-order valence-electron chi connectivity index (χ1n) is 6.93. The van der Waals surface area contributed by atoms with E-state index in [0.717, 1.165) is 31.4 Å². The Morgan fingerprint density at radius 3 is 2.55 bits per heavy atom. The average molecular weight is 320 g/mol. The van der Waals surface area contributed by atoms with Gasteiger partial charge in [0.2, 0.25) is 0 Å². The first-order chi connectivity index (χ1) is 9.58. The molecule has 0 aliphatic rings. The minimum Gasteiger partial charge on any atom is -0.492 e. The van der Waals surface area contributed by atoms with Crippen LogP contribution >= 0.6 is 23.2 Å². The zero-order valence-corrected chi connectivity index (χ0v) is 13.6. The molecule has 3 nitrogen and oxygen atoms in total. The van der Waals surface area contributed by atoms with Gasteiger partial charge in [0.1, 0.15) is 5.75 Å². The van der Waals surface area contributed by atoms with Gasteiger partial charge in [0.05, 0.1) is 11.6 Å². The highest BCUT2D eigenvalue weighted by Crippen LogP contribution is 2.33. The van der Waals surface area contributed by atoms with Crippen molar-refractivity contribution in [1.82, 2.24) is 0 Å². The van der Waals surface area contributed by atoms with Crippen LogP contribution in [0.3, 0.4) is 0 Å². The molecule has 0 aliphatic carbocycles. The molecule has 0 saturated heterocycles. The molecule has 20 heavy (non-hydrogen) atoms. The van der Waals surface area contributed by atoms with E-state index in [1.165, 1.54) is 0 Å². The number of rotatable bonds is 9. The number of hydrogen-bond donors (Lipinski definition) is 1. The smallest absolute Gasteiger partial charge is 0.141 e. The maximum absolute atomic E-state index is 6.23. The highest BCUT2D eigenvalue weighted by Gasteiger charge is 2.13. The van der Waals surface area contributed by atoms with Gasteiger partial charge in [-0.3, -0.25) is 0 Å². The molecule has 0 bridgehead atoms. The van der Waals surface area contributed by atoms with Crippen LogP contribution in [0.5, 0.6) is 5.75 Å². The van der Waals surface area contributed by atoms with E-state index in [2.05, 4.69) is 6.92 Å². The molecule has 1 unspecified atom stereocenters. The van der Waals surface area contributed by atoms with Gasteiger partial charge in [-0.2, -0.15) is 0 Å². The van der Waals surface area contributed by atoms with Crippen LogP contribution in [0.2, 0.25) is 10.0 Å². The normalized spacial score (nSPS) is 12.4. The van der Waals surface area contributed by atoms with Crippen LogP contribution in [0, 0.1) is 0 Å². The number of hydrogen-bond acceptors (Lipinski definition) is 3. The number of nitrogens with two attached hydrogens (primary N) is 1. The summed E-state index contributed by atoms with van der Waals surface area (Å²) in [6, 6.07) is 3.67. The van der Waals surface area contributed by atoms with Crippen molar-refractivity contribution in [3.63, 3.8) is 0 Å². The zero-order chi connectivity index (χ0) is 15.0. The van der Waals surface area contributed by atoms with Crippen molar-refractivity contribution in [2.24, 2.45) is 5.73 Å². The van der Waals surface area contributed by atoms with Crippen molar-refractivity contribution < 1.29 is 9.47 Å². The predicted octanol–water partition coefficient (Wildman–Crippen LogP) is 4.08. The molecule has 2 N–H and O–H groups in total. The SMILES string of the molecule is CCC(N)Cc1cc(Cl)cc(Cl)c1OCCCCOC. The molecular formula is C15H23Cl2NO2. The molecular weight excluding hydrogens is 297 g/mol. The highest BCUT2D eigenvalue weighted by atomic mass is 35.5. The number of halogens is 2. The monoisotopic (exact) mass is 319 g/mol. The van der Waals surface area contributed by atoms with Gasteiger partial charge in [0, 0.05) is 24.8 Å². The number of methoxy groups -OCH3 is 1. The van der Waals surface area contributed by atoms with E-state index in [1.54, 1.807) is 13.2 Å². The Hall–Kier alpha value is -0.480. The summed E-state index contributed by atoms with van der Waals surface area (Å²) in [6.45, 7) is 3.41. The first kappa shape index (κ1) is 17.6. The van der Waals surface area contributed by atoms with Crippen LogP contribution in [0.4, 0.5) is 0 Å². The van der Waals surface area contributed by atoms with Gasteiger partial charge < -0.3 is 15.2 Å². The van der Waals surface area contributed by atoms with Crippen LogP contribution in [0.25, 0.3) is 0 Å². The van der Waals surface area contributed by atoms with Crippen LogP contribution in [0.1, 0.15) is 31.7 Å². The Kier molecular flexibility index (Phi) is 8.31. The molecule has 0 radical (unpaired) electrons. The van der Waals surface area contributed by atoms with Crippen molar-refractivity contribution in [3.05, 3.63) is 27.7 Å².